The highest BCUT2D eigenvalue weighted by Crippen LogP contribution is 2.37. The van der Waals surface area contributed by atoms with E-state index in [4.69, 9.17) is 14.7 Å². The van der Waals surface area contributed by atoms with Crippen molar-refractivity contribution in [2.24, 2.45) is 0 Å². The first kappa shape index (κ1) is 26.6. The molecule has 0 saturated heterocycles. The van der Waals surface area contributed by atoms with Crippen molar-refractivity contribution in [3.8, 4) is 39.5 Å². The Balaban J connectivity index is 1.77. The van der Waals surface area contributed by atoms with Gasteiger partial charge in [0.05, 0.1) is 24.2 Å². The van der Waals surface area contributed by atoms with Crippen molar-refractivity contribution in [2.45, 2.75) is 52.4 Å². The lowest BCUT2D eigenvalue weighted by Crippen LogP contribution is -2.16. The van der Waals surface area contributed by atoms with Crippen LogP contribution in [0.2, 0.25) is 0 Å². The zero-order valence-corrected chi connectivity index (χ0v) is 23.8. The van der Waals surface area contributed by atoms with Crippen LogP contribution in [0.15, 0.2) is 85.1 Å². The van der Waals surface area contributed by atoms with Crippen LogP contribution >= 0.6 is 0 Å². The molecule has 4 heteroatoms. The van der Waals surface area contributed by atoms with Crippen LogP contribution in [0.4, 0.5) is 4.39 Å². The Bertz CT molecular complexity index is 1640. The van der Waals surface area contributed by atoms with E-state index in [9.17, 15) is 0 Å². The van der Waals surface area contributed by atoms with Gasteiger partial charge in [-0.2, -0.15) is 0 Å². The Morgan fingerprint density at radius 1 is 0.641 bits per heavy atom. The number of ether oxygens (including phenoxy) is 1. The molecule has 0 aliphatic rings. The normalized spacial score (nSPS) is 12.1. The lowest BCUT2D eigenvalue weighted by molar-refractivity contribution is 0.411. The maximum atomic E-state index is 15.3. The second-order valence-electron chi connectivity index (χ2n) is 12.2. The van der Waals surface area contributed by atoms with Gasteiger partial charge < -0.3 is 4.74 Å². The Kier molecular flexibility index (Phi) is 6.76. The molecule has 0 saturated carbocycles. The maximum Gasteiger partial charge on any atom is 0.136 e. The molecule has 0 amide bonds. The fourth-order valence-corrected chi connectivity index (χ4v) is 4.68. The molecule has 0 fully saturated rings. The van der Waals surface area contributed by atoms with E-state index in [1.165, 1.54) is 24.3 Å². The van der Waals surface area contributed by atoms with Crippen LogP contribution in [-0.2, 0) is 10.8 Å². The summed E-state index contributed by atoms with van der Waals surface area (Å²) in [7, 11) is 1.53. The van der Waals surface area contributed by atoms with E-state index in [1.54, 1.807) is 12.1 Å². The number of aromatic nitrogens is 2. The van der Waals surface area contributed by atoms with E-state index in [1.807, 2.05) is 36.5 Å². The summed E-state index contributed by atoms with van der Waals surface area (Å²) in [6.45, 7) is 13.4. The fraction of sp³-hybridized carbons (Fsp3) is 0.257. The number of pyridine rings is 2. The minimum Gasteiger partial charge on any atom is -0.497 e. The molecular weight excluding hydrogens is 483 g/mol. The van der Waals surface area contributed by atoms with E-state index in [-0.39, 0.29) is 16.6 Å². The zero-order chi connectivity index (χ0) is 27.9. The number of fused-ring (bicyclic) bond motifs is 1. The van der Waals surface area contributed by atoms with Crippen molar-refractivity contribution in [3.63, 3.8) is 0 Å². The molecule has 0 aliphatic carbocycles. The number of halogens is 1. The maximum absolute atomic E-state index is 15.3. The molecule has 0 radical (unpaired) electrons. The van der Waals surface area contributed by atoms with E-state index in [0.717, 1.165) is 27.6 Å². The molecule has 3 aromatic carbocycles. The van der Waals surface area contributed by atoms with Crippen molar-refractivity contribution in [1.82, 2.24) is 9.97 Å². The number of nitrogens with zero attached hydrogens (tertiary/aromatic N) is 2. The number of hydrogen-bond acceptors (Lipinski definition) is 3. The Morgan fingerprint density at radius 3 is 1.87 bits per heavy atom. The third-order valence-corrected chi connectivity index (χ3v) is 7.17. The molecule has 0 N–H and O–H groups in total. The van der Waals surface area contributed by atoms with Crippen LogP contribution < -0.4 is 4.74 Å². The first-order chi connectivity index (χ1) is 18.4. The number of benzene rings is 3. The molecule has 2 heterocycles. The number of methoxy groups -OCH3 is 1. The highest BCUT2D eigenvalue weighted by Gasteiger charge is 2.22. The summed E-state index contributed by atoms with van der Waals surface area (Å²) in [5.74, 6) is 0.0896. The van der Waals surface area contributed by atoms with Gasteiger partial charge in [0.25, 0.3) is 0 Å². The predicted octanol–water partition coefficient (Wildman–Crippen LogP) is 9.37. The minimum atomic E-state index is -0.379. The summed E-state index contributed by atoms with van der Waals surface area (Å²) in [4.78, 5) is 9.66. The fourth-order valence-electron chi connectivity index (χ4n) is 4.68. The molecule has 5 rings (SSSR count). The monoisotopic (exact) mass is 518 g/mol. The summed E-state index contributed by atoms with van der Waals surface area (Å²) >= 11 is 0. The van der Waals surface area contributed by atoms with Gasteiger partial charge >= 0.3 is 0 Å². The summed E-state index contributed by atoms with van der Waals surface area (Å²) in [6.07, 6.45) is 1.87. The lowest BCUT2D eigenvalue weighted by Gasteiger charge is -2.26. The van der Waals surface area contributed by atoms with Gasteiger partial charge in [0.15, 0.2) is 0 Å². The summed E-state index contributed by atoms with van der Waals surface area (Å²) < 4.78 is 20.5. The Morgan fingerprint density at radius 2 is 1.26 bits per heavy atom. The van der Waals surface area contributed by atoms with Crippen LogP contribution in [0, 0.1) is 5.82 Å². The highest BCUT2D eigenvalue weighted by molar-refractivity contribution is 5.86. The van der Waals surface area contributed by atoms with E-state index < -0.39 is 0 Å². The van der Waals surface area contributed by atoms with Gasteiger partial charge in [-0.25, -0.2) is 9.37 Å². The minimum absolute atomic E-state index is 0.0311. The van der Waals surface area contributed by atoms with Gasteiger partial charge in [-0.05, 0) is 68.8 Å². The number of rotatable bonds is 4. The summed E-state index contributed by atoms with van der Waals surface area (Å²) in [5, 5.41) is 2.14. The molecule has 3 nitrogen and oxygen atoms in total. The van der Waals surface area contributed by atoms with Crippen LogP contribution in [0.25, 0.3) is 44.5 Å². The quantitative estimate of drug-likeness (QED) is 0.238. The van der Waals surface area contributed by atoms with Crippen molar-refractivity contribution in [1.29, 1.82) is 0 Å². The van der Waals surface area contributed by atoms with Crippen LogP contribution in [0.1, 0.15) is 52.7 Å². The standard InChI is InChI=1S/C35H35FN2O/c1-34(2,3)26-14-24(15-27(19-26)35(4,5)6)25-17-31(29-13-12-28(39-7)20-30(29)36)38-33(18-25)32-16-22-10-8-9-11-23(22)21-37-32/h8-21H,1-7H3. The molecule has 39 heavy (non-hydrogen) atoms. The van der Waals surface area contributed by atoms with Gasteiger partial charge in [-0.1, -0.05) is 84.0 Å². The van der Waals surface area contributed by atoms with Crippen molar-refractivity contribution < 1.29 is 9.13 Å². The molecule has 0 bridgehead atoms. The highest BCUT2D eigenvalue weighted by atomic mass is 19.1. The number of hydrogen-bond donors (Lipinski definition) is 0. The predicted molar refractivity (Wildman–Crippen MR) is 160 cm³/mol. The average Bonchev–Trinajstić information content (AvgIpc) is 2.91. The van der Waals surface area contributed by atoms with Gasteiger partial charge in [0, 0.05) is 23.2 Å². The molecule has 0 spiro atoms. The van der Waals surface area contributed by atoms with Crippen molar-refractivity contribution in [2.75, 3.05) is 7.11 Å². The molecule has 0 unspecified atom stereocenters. The lowest BCUT2D eigenvalue weighted by atomic mass is 9.79. The molecule has 0 aliphatic heterocycles. The van der Waals surface area contributed by atoms with Gasteiger partial charge in [-0.15, -0.1) is 0 Å². The van der Waals surface area contributed by atoms with Crippen LogP contribution in [0.3, 0.4) is 0 Å². The second-order valence-corrected chi connectivity index (χ2v) is 12.2. The van der Waals surface area contributed by atoms with Crippen LogP contribution in [0.5, 0.6) is 5.75 Å². The van der Waals surface area contributed by atoms with Crippen LogP contribution in [-0.4, -0.2) is 17.1 Å². The molecule has 5 aromatic rings. The first-order valence-electron chi connectivity index (χ1n) is 13.3. The SMILES string of the molecule is COc1ccc(-c2cc(-c3cc(C(C)(C)C)cc(C(C)(C)C)c3)cc(-c3cc4ccccc4cn3)n2)c(F)c1. The van der Waals surface area contributed by atoms with Gasteiger partial charge in [0.2, 0.25) is 0 Å². The Hall–Kier alpha value is -4.05. The molecule has 0 atom stereocenters. The van der Waals surface area contributed by atoms with E-state index >= 15 is 4.39 Å². The third-order valence-electron chi connectivity index (χ3n) is 7.17. The summed E-state index contributed by atoms with van der Waals surface area (Å²) in [6, 6.07) is 25.9. The van der Waals surface area contributed by atoms with Crippen molar-refractivity contribution >= 4 is 10.8 Å². The Labute approximate surface area is 230 Å². The van der Waals surface area contributed by atoms with E-state index in [2.05, 4.69) is 71.9 Å². The smallest absolute Gasteiger partial charge is 0.136 e. The van der Waals surface area contributed by atoms with Gasteiger partial charge in [-0.3, -0.25) is 4.98 Å². The zero-order valence-electron chi connectivity index (χ0n) is 23.8. The van der Waals surface area contributed by atoms with E-state index in [0.29, 0.717) is 22.7 Å². The topological polar surface area (TPSA) is 35.0 Å². The summed E-state index contributed by atoms with van der Waals surface area (Å²) in [5.41, 5.74) is 6.90. The third kappa shape index (κ3) is 5.56. The van der Waals surface area contributed by atoms with Gasteiger partial charge in [0.1, 0.15) is 11.6 Å². The first-order valence-corrected chi connectivity index (χ1v) is 13.3. The largest absolute Gasteiger partial charge is 0.497 e. The molecular formula is C35H35FN2O. The molecule has 2 aromatic heterocycles. The second kappa shape index (κ2) is 9.92. The van der Waals surface area contributed by atoms with Crippen molar-refractivity contribution in [3.05, 3.63) is 102 Å². The molecule has 198 valence electrons. The average molecular weight is 519 g/mol.